The van der Waals surface area contributed by atoms with Gasteiger partial charge in [0.1, 0.15) is 0 Å². The van der Waals surface area contributed by atoms with Crippen molar-refractivity contribution in [3.05, 3.63) is 0 Å². The highest BCUT2D eigenvalue weighted by Crippen LogP contribution is 2.26. The van der Waals surface area contributed by atoms with Gasteiger partial charge in [0.2, 0.25) is 0 Å². The van der Waals surface area contributed by atoms with Crippen molar-refractivity contribution in [1.82, 2.24) is 5.32 Å². The fraction of sp³-hybridized carbons (Fsp3) is 1.00. The summed E-state index contributed by atoms with van der Waals surface area (Å²) in [4.78, 5) is 0. The van der Waals surface area contributed by atoms with Crippen molar-refractivity contribution in [2.45, 2.75) is 38.7 Å². The van der Waals surface area contributed by atoms with E-state index in [0.717, 1.165) is 43.4 Å². The summed E-state index contributed by atoms with van der Waals surface area (Å²) in [6, 6.07) is 0. The van der Waals surface area contributed by atoms with Crippen LogP contribution in [0.5, 0.6) is 0 Å². The van der Waals surface area contributed by atoms with Gasteiger partial charge in [0, 0.05) is 6.54 Å². The summed E-state index contributed by atoms with van der Waals surface area (Å²) in [5.41, 5.74) is -0.418. The highest BCUT2D eigenvalue weighted by Gasteiger charge is 2.28. The second kappa shape index (κ2) is 5.99. The van der Waals surface area contributed by atoms with Gasteiger partial charge in [-0.05, 0) is 36.8 Å². The Morgan fingerprint density at radius 2 is 2.07 bits per heavy atom. The third-order valence-electron chi connectivity index (χ3n) is 3.07. The molecule has 2 nitrogen and oxygen atoms in total. The van der Waals surface area contributed by atoms with Crippen LogP contribution in [0, 0.1) is 5.92 Å². The van der Waals surface area contributed by atoms with E-state index in [0.29, 0.717) is 0 Å². The molecule has 1 fully saturated rings. The highest BCUT2D eigenvalue weighted by molar-refractivity contribution is 7.99. The quantitative estimate of drug-likeness (QED) is 0.737. The molecule has 0 aliphatic carbocycles. The molecule has 0 radical (unpaired) electrons. The molecule has 0 aromatic rings. The molecule has 0 bridgehead atoms. The van der Waals surface area contributed by atoms with Gasteiger partial charge in [0.05, 0.1) is 5.60 Å². The maximum Gasteiger partial charge on any atom is 0.0787 e. The minimum absolute atomic E-state index is 0.418. The van der Waals surface area contributed by atoms with Crippen molar-refractivity contribution < 1.29 is 5.11 Å². The van der Waals surface area contributed by atoms with Crippen molar-refractivity contribution in [2.75, 3.05) is 24.6 Å². The number of nitrogens with one attached hydrogen (secondary N) is 1. The van der Waals surface area contributed by atoms with Crippen LogP contribution in [0.3, 0.4) is 0 Å². The molecule has 1 aliphatic heterocycles. The molecule has 1 aliphatic rings. The van der Waals surface area contributed by atoms with Gasteiger partial charge in [0.25, 0.3) is 0 Å². The predicted octanol–water partition coefficient (Wildman–Crippen LogP) is 1.88. The lowest BCUT2D eigenvalue weighted by Crippen LogP contribution is -2.44. The van der Waals surface area contributed by atoms with E-state index in [4.69, 9.17) is 0 Å². The molecule has 1 heterocycles. The smallest absolute Gasteiger partial charge is 0.0787 e. The number of hydrogen-bond donors (Lipinski definition) is 2. The van der Waals surface area contributed by atoms with Gasteiger partial charge < -0.3 is 10.4 Å². The van der Waals surface area contributed by atoms with Crippen LogP contribution in [-0.4, -0.2) is 35.3 Å². The maximum atomic E-state index is 10.2. The fourth-order valence-electron chi connectivity index (χ4n) is 1.62. The van der Waals surface area contributed by atoms with Gasteiger partial charge in [0.15, 0.2) is 0 Å². The number of hydrogen-bond acceptors (Lipinski definition) is 3. The van der Waals surface area contributed by atoms with Crippen LogP contribution in [0.25, 0.3) is 0 Å². The van der Waals surface area contributed by atoms with Crippen LogP contribution in [0.2, 0.25) is 0 Å². The van der Waals surface area contributed by atoms with Crippen molar-refractivity contribution in [2.24, 2.45) is 5.92 Å². The zero-order valence-electron chi connectivity index (χ0n) is 9.38. The lowest BCUT2D eigenvalue weighted by Gasteiger charge is -2.32. The van der Waals surface area contributed by atoms with Crippen LogP contribution in [-0.2, 0) is 0 Å². The summed E-state index contributed by atoms with van der Waals surface area (Å²) in [6.07, 6.45) is 3.11. The standard InChI is InChI=1S/C11H23NOS/c1-3-10(2)8-12-9-11(13)4-6-14-7-5-11/h10,12-13H,3-9H2,1-2H3. The SMILES string of the molecule is CCC(C)CNCC1(O)CCSCC1. The second-order valence-electron chi connectivity index (χ2n) is 4.48. The number of rotatable bonds is 5. The molecule has 1 rings (SSSR count). The average molecular weight is 217 g/mol. The molecule has 0 aromatic heterocycles. The molecule has 0 amide bonds. The van der Waals surface area contributed by atoms with Gasteiger partial charge >= 0.3 is 0 Å². The summed E-state index contributed by atoms with van der Waals surface area (Å²) < 4.78 is 0. The van der Waals surface area contributed by atoms with Crippen LogP contribution < -0.4 is 5.32 Å². The van der Waals surface area contributed by atoms with Gasteiger partial charge in [-0.3, -0.25) is 0 Å². The maximum absolute atomic E-state index is 10.2. The first kappa shape index (κ1) is 12.3. The van der Waals surface area contributed by atoms with E-state index in [1.54, 1.807) is 0 Å². The second-order valence-corrected chi connectivity index (χ2v) is 5.71. The van der Waals surface area contributed by atoms with Gasteiger partial charge in [-0.25, -0.2) is 0 Å². The minimum Gasteiger partial charge on any atom is -0.389 e. The summed E-state index contributed by atoms with van der Waals surface area (Å²) in [6.45, 7) is 6.26. The molecule has 1 saturated heterocycles. The zero-order chi connectivity index (χ0) is 10.4. The Labute approximate surface area is 91.9 Å². The van der Waals surface area contributed by atoms with E-state index in [-0.39, 0.29) is 0 Å². The van der Waals surface area contributed by atoms with Crippen molar-refractivity contribution in [3.8, 4) is 0 Å². The normalized spacial score (nSPS) is 23.4. The Morgan fingerprint density at radius 3 is 2.64 bits per heavy atom. The highest BCUT2D eigenvalue weighted by atomic mass is 32.2. The van der Waals surface area contributed by atoms with Crippen molar-refractivity contribution in [1.29, 1.82) is 0 Å². The molecule has 0 aromatic carbocycles. The largest absolute Gasteiger partial charge is 0.389 e. The topological polar surface area (TPSA) is 32.3 Å². The molecule has 1 atom stereocenters. The monoisotopic (exact) mass is 217 g/mol. The Bertz CT molecular complexity index is 157. The molecule has 0 spiro atoms. The third-order valence-corrected chi connectivity index (χ3v) is 4.05. The van der Waals surface area contributed by atoms with E-state index in [9.17, 15) is 5.11 Å². The van der Waals surface area contributed by atoms with E-state index in [2.05, 4.69) is 19.2 Å². The van der Waals surface area contributed by atoms with Crippen LogP contribution in [0.4, 0.5) is 0 Å². The van der Waals surface area contributed by atoms with Crippen LogP contribution in [0.15, 0.2) is 0 Å². The van der Waals surface area contributed by atoms with Crippen LogP contribution >= 0.6 is 11.8 Å². The van der Waals surface area contributed by atoms with E-state index in [1.165, 1.54) is 6.42 Å². The minimum atomic E-state index is -0.418. The molecule has 3 heteroatoms. The summed E-state index contributed by atoms with van der Waals surface area (Å²) >= 11 is 1.95. The van der Waals surface area contributed by atoms with Crippen molar-refractivity contribution >= 4 is 11.8 Å². The molecule has 14 heavy (non-hydrogen) atoms. The van der Waals surface area contributed by atoms with Crippen LogP contribution in [0.1, 0.15) is 33.1 Å². The predicted molar refractivity (Wildman–Crippen MR) is 63.8 cm³/mol. The first-order valence-corrected chi connectivity index (χ1v) is 6.82. The van der Waals surface area contributed by atoms with Gasteiger partial charge in [-0.1, -0.05) is 20.3 Å². The summed E-state index contributed by atoms with van der Waals surface area (Å²) in [5.74, 6) is 2.94. The Balaban J connectivity index is 2.15. The zero-order valence-corrected chi connectivity index (χ0v) is 10.2. The Morgan fingerprint density at radius 1 is 1.43 bits per heavy atom. The molecule has 2 N–H and O–H groups in total. The lowest BCUT2D eigenvalue weighted by atomic mass is 9.96. The molecule has 84 valence electrons. The summed E-state index contributed by atoms with van der Waals surface area (Å²) in [5, 5.41) is 13.6. The molecular weight excluding hydrogens is 194 g/mol. The Hall–Kier alpha value is 0.270. The summed E-state index contributed by atoms with van der Waals surface area (Å²) in [7, 11) is 0. The van der Waals surface area contributed by atoms with E-state index in [1.807, 2.05) is 11.8 Å². The lowest BCUT2D eigenvalue weighted by molar-refractivity contribution is 0.0316. The fourth-order valence-corrected chi connectivity index (χ4v) is 2.88. The van der Waals surface area contributed by atoms with Gasteiger partial charge in [-0.2, -0.15) is 11.8 Å². The molecule has 1 unspecified atom stereocenters. The first-order chi connectivity index (χ1) is 6.66. The Kier molecular flexibility index (Phi) is 5.28. The van der Waals surface area contributed by atoms with Gasteiger partial charge in [-0.15, -0.1) is 0 Å². The number of thioether (sulfide) groups is 1. The van der Waals surface area contributed by atoms with Crippen molar-refractivity contribution in [3.63, 3.8) is 0 Å². The number of aliphatic hydroxyl groups is 1. The first-order valence-electron chi connectivity index (χ1n) is 5.67. The molecule has 0 saturated carbocycles. The van der Waals surface area contributed by atoms with E-state index >= 15 is 0 Å². The average Bonchev–Trinajstić information content (AvgIpc) is 2.18. The molecular formula is C11H23NOS. The van der Waals surface area contributed by atoms with E-state index < -0.39 is 5.60 Å². The third kappa shape index (κ3) is 4.20.